The highest BCUT2D eigenvalue weighted by Crippen LogP contribution is 2.28. The number of amides is 1. The van der Waals surface area contributed by atoms with Gasteiger partial charge in [-0.1, -0.05) is 19.3 Å². The van der Waals surface area contributed by atoms with Crippen LogP contribution in [0.5, 0.6) is 0 Å². The summed E-state index contributed by atoms with van der Waals surface area (Å²) >= 11 is 0. The molecule has 3 fully saturated rings. The number of aliphatic imine (C=N–C) groups is 1. The molecular formula is C20H37N5O3S. The van der Waals surface area contributed by atoms with Gasteiger partial charge >= 0.3 is 0 Å². The number of guanidine groups is 1. The number of likely N-dealkylation sites (tertiary alicyclic amines) is 1. The summed E-state index contributed by atoms with van der Waals surface area (Å²) in [4.78, 5) is 19.0. The van der Waals surface area contributed by atoms with Crippen LogP contribution >= 0.6 is 0 Å². The zero-order valence-electron chi connectivity index (χ0n) is 17.7. The molecule has 0 bridgehead atoms. The molecule has 1 aliphatic heterocycles. The van der Waals surface area contributed by atoms with Crippen LogP contribution in [0, 0.1) is 11.8 Å². The molecule has 1 atom stereocenters. The van der Waals surface area contributed by atoms with Crippen LogP contribution in [0.15, 0.2) is 4.99 Å². The van der Waals surface area contributed by atoms with Crippen molar-refractivity contribution in [2.24, 2.45) is 16.8 Å². The van der Waals surface area contributed by atoms with Crippen molar-refractivity contribution >= 4 is 21.9 Å². The van der Waals surface area contributed by atoms with Gasteiger partial charge in [0.15, 0.2) is 5.96 Å². The van der Waals surface area contributed by atoms with E-state index in [0.29, 0.717) is 37.4 Å². The Morgan fingerprint density at radius 1 is 1.10 bits per heavy atom. The molecule has 2 saturated carbocycles. The third-order valence-corrected chi connectivity index (χ3v) is 7.66. The van der Waals surface area contributed by atoms with Crippen LogP contribution in [0.3, 0.4) is 0 Å². The lowest BCUT2D eigenvalue weighted by Crippen LogP contribution is -2.45. The Morgan fingerprint density at radius 3 is 2.52 bits per heavy atom. The summed E-state index contributed by atoms with van der Waals surface area (Å²) in [5.41, 5.74) is 0. The molecule has 3 aliphatic rings. The van der Waals surface area contributed by atoms with Gasteiger partial charge < -0.3 is 15.5 Å². The van der Waals surface area contributed by atoms with Crippen molar-refractivity contribution < 1.29 is 13.2 Å². The number of nitrogens with zero attached hydrogens (tertiary/aromatic N) is 2. The summed E-state index contributed by atoms with van der Waals surface area (Å²) in [6.45, 7) is 4.94. The average molecular weight is 428 g/mol. The number of sulfonamides is 1. The number of nitrogens with one attached hydrogen (secondary N) is 3. The van der Waals surface area contributed by atoms with Gasteiger partial charge in [-0.2, -0.15) is 0 Å². The lowest BCUT2D eigenvalue weighted by molar-refractivity contribution is -0.134. The molecular weight excluding hydrogens is 390 g/mol. The van der Waals surface area contributed by atoms with E-state index in [4.69, 9.17) is 0 Å². The van der Waals surface area contributed by atoms with E-state index in [-0.39, 0.29) is 24.3 Å². The maximum absolute atomic E-state index is 12.6. The van der Waals surface area contributed by atoms with E-state index in [2.05, 4.69) is 20.3 Å². The molecule has 3 N–H and O–H groups in total. The molecule has 1 heterocycles. The molecule has 166 valence electrons. The molecule has 0 radical (unpaired) electrons. The number of rotatable bonds is 9. The zero-order chi connectivity index (χ0) is 20.7. The third-order valence-electron chi connectivity index (χ3n) is 6.34. The summed E-state index contributed by atoms with van der Waals surface area (Å²) in [5, 5.41) is 6.56. The molecule has 8 nitrogen and oxygen atoms in total. The number of hydrogen-bond acceptors (Lipinski definition) is 4. The fourth-order valence-electron chi connectivity index (χ4n) is 4.31. The van der Waals surface area contributed by atoms with Crippen molar-refractivity contribution in [3.05, 3.63) is 0 Å². The van der Waals surface area contributed by atoms with E-state index >= 15 is 0 Å². The van der Waals surface area contributed by atoms with Gasteiger partial charge in [0, 0.05) is 38.1 Å². The summed E-state index contributed by atoms with van der Waals surface area (Å²) < 4.78 is 27.0. The van der Waals surface area contributed by atoms with Crippen LogP contribution in [0.1, 0.15) is 58.3 Å². The fourth-order valence-corrected chi connectivity index (χ4v) is 5.28. The Morgan fingerprint density at radius 2 is 1.86 bits per heavy atom. The Hall–Kier alpha value is -1.35. The maximum Gasteiger partial charge on any atom is 0.225 e. The highest BCUT2D eigenvalue weighted by molar-refractivity contribution is 7.89. The van der Waals surface area contributed by atoms with E-state index in [9.17, 15) is 13.2 Å². The third kappa shape index (κ3) is 6.84. The van der Waals surface area contributed by atoms with E-state index in [1.807, 2.05) is 11.8 Å². The molecule has 1 saturated heterocycles. The van der Waals surface area contributed by atoms with Crippen molar-refractivity contribution in [2.75, 3.05) is 38.5 Å². The van der Waals surface area contributed by atoms with Crippen molar-refractivity contribution in [2.45, 2.75) is 64.3 Å². The van der Waals surface area contributed by atoms with Gasteiger partial charge in [-0.15, -0.1) is 0 Å². The van der Waals surface area contributed by atoms with Crippen LogP contribution in [0.2, 0.25) is 0 Å². The number of hydrogen-bond donors (Lipinski definition) is 3. The number of carbonyl (C=O) groups is 1. The van der Waals surface area contributed by atoms with Gasteiger partial charge in [0.25, 0.3) is 0 Å². The van der Waals surface area contributed by atoms with E-state index in [1.54, 1.807) is 0 Å². The predicted molar refractivity (Wildman–Crippen MR) is 115 cm³/mol. The minimum absolute atomic E-state index is 0.00669. The van der Waals surface area contributed by atoms with E-state index in [0.717, 1.165) is 38.6 Å². The summed E-state index contributed by atoms with van der Waals surface area (Å²) in [6, 6.07) is 0.159. The maximum atomic E-state index is 12.6. The van der Waals surface area contributed by atoms with E-state index in [1.165, 1.54) is 19.3 Å². The highest BCUT2D eigenvalue weighted by atomic mass is 32.2. The van der Waals surface area contributed by atoms with Gasteiger partial charge in [0.2, 0.25) is 15.9 Å². The number of carbonyl (C=O) groups excluding carboxylic acids is 1. The van der Waals surface area contributed by atoms with Crippen molar-refractivity contribution in [1.29, 1.82) is 0 Å². The first kappa shape index (κ1) is 22.3. The lowest BCUT2D eigenvalue weighted by atomic mass is 9.86. The highest BCUT2D eigenvalue weighted by Gasteiger charge is 2.32. The topological polar surface area (TPSA) is 103 Å². The summed E-state index contributed by atoms with van der Waals surface area (Å²) in [5.74, 6) is 1.64. The Balaban J connectivity index is 1.43. The molecule has 29 heavy (non-hydrogen) atoms. The zero-order valence-corrected chi connectivity index (χ0v) is 18.5. The predicted octanol–water partition coefficient (Wildman–Crippen LogP) is 1.05. The van der Waals surface area contributed by atoms with Crippen LogP contribution in [-0.4, -0.2) is 69.7 Å². The Bertz CT molecular complexity index is 672. The minimum Gasteiger partial charge on any atom is -0.357 e. The monoisotopic (exact) mass is 427 g/mol. The van der Waals surface area contributed by atoms with E-state index < -0.39 is 10.0 Å². The second-order valence-corrected chi connectivity index (χ2v) is 10.5. The van der Waals surface area contributed by atoms with Crippen LogP contribution in [-0.2, 0) is 14.8 Å². The van der Waals surface area contributed by atoms with Gasteiger partial charge in [-0.05, 0) is 44.9 Å². The lowest BCUT2D eigenvalue weighted by Gasteiger charge is -2.25. The van der Waals surface area contributed by atoms with Crippen molar-refractivity contribution in [3.63, 3.8) is 0 Å². The summed E-state index contributed by atoms with van der Waals surface area (Å²) in [7, 11) is -3.29. The standard InChI is InChI=1S/C20H37N5O3S/c1-2-21-20(22-11-13-29(27,28)23-14-16-6-5-7-16)24-18-10-12-25(15-18)19(26)17-8-3-4-9-17/h16-18,23H,2-15H2,1H3,(H2,21,22,24). The molecule has 0 aromatic heterocycles. The van der Waals surface area contributed by atoms with Crippen molar-refractivity contribution in [1.82, 2.24) is 20.3 Å². The smallest absolute Gasteiger partial charge is 0.225 e. The normalized spacial score (nSPS) is 24.0. The largest absolute Gasteiger partial charge is 0.357 e. The first-order chi connectivity index (χ1) is 14.0. The first-order valence-corrected chi connectivity index (χ1v) is 12.9. The van der Waals surface area contributed by atoms with Gasteiger partial charge in [-0.3, -0.25) is 9.79 Å². The SMILES string of the molecule is CCNC(=NCCS(=O)(=O)NCC1CCC1)NC1CCN(C(=O)C2CCCC2)C1. The van der Waals surface area contributed by atoms with Gasteiger partial charge in [0.1, 0.15) is 0 Å². The second kappa shape index (κ2) is 10.6. The molecule has 9 heteroatoms. The quantitative estimate of drug-likeness (QED) is 0.377. The summed E-state index contributed by atoms with van der Waals surface area (Å²) in [6.07, 6.45) is 8.74. The van der Waals surface area contributed by atoms with Crippen LogP contribution in [0.25, 0.3) is 0 Å². The van der Waals surface area contributed by atoms with Crippen molar-refractivity contribution in [3.8, 4) is 0 Å². The minimum atomic E-state index is -3.29. The molecule has 0 aromatic rings. The Kier molecular flexibility index (Phi) is 8.17. The molecule has 0 spiro atoms. The molecule has 3 rings (SSSR count). The van der Waals surface area contributed by atoms with Gasteiger partial charge in [0.05, 0.1) is 12.3 Å². The average Bonchev–Trinajstić information content (AvgIpc) is 3.32. The first-order valence-electron chi connectivity index (χ1n) is 11.3. The van der Waals surface area contributed by atoms with Gasteiger partial charge in [-0.25, -0.2) is 13.1 Å². The van der Waals surface area contributed by atoms with Crippen LogP contribution < -0.4 is 15.4 Å². The fraction of sp³-hybridized carbons (Fsp3) is 0.900. The Labute approximate surface area is 175 Å². The molecule has 2 aliphatic carbocycles. The second-order valence-electron chi connectivity index (χ2n) is 8.62. The molecule has 0 aromatic carbocycles. The molecule has 1 amide bonds. The molecule has 1 unspecified atom stereocenters. The van der Waals surface area contributed by atoms with Crippen LogP contribution in [0.4, 0.5) is 0 Å².